The molecule has 1 aliphatic rings. The molecule has 1 heterocycles. The first-order valence-electron chi connectivity index (χ1n) is 7.89. The predicted molar refractivity (Wildman–Crippen MR) is 97.9 cm³/mol. The number of benzene rings is 1. The number of piperidine rings is 1. The minimum atomic E-state index is -3.40. The first kappa shape index (κ1) is 20.4. The van der Waals surface area contributed by atoms with Gasteiger partial charge in [-0.2, -0.15) is 4.31 Å². The van der Waals surface area contributed by atoms with Gasteiger partial charge in [0.1, 0.15) is 0 Å². The van der Waals surface area contributed by atoms with Crippen LogP contribution in [-0.4, -0.2) is 50.8 Å². The van der Waals surface area contributed by atoms with Crippen LogP contribution in [0.15, 0.2) is 29.2 Å². The fraction of sp³-hybridized carbons (Fsp3) is 0.647. The maximum Gasteiger partial charge on any atom is 0.243 e. The molecule has 132 valence electrons. The molecule has 0 atom stereocenters. The van der Waals surface area contributed by atoms with Crippen LogP contribution in [0, 0.1) is 0 Å². The largest absolute Gasteiger partial charge is 0.306 e. The molecule has 1 saturated heterocycles. The van der Waals surface area contributed by atoms with Gasteiger partial charge in [0.05, 0.1) is 4.90 Å². The molecule has 0 N–H and O–H groups in total. The fourth-order valence-corrected chi connectivity index (χ4v) is 4.26. The lowest BCUT2D eigenvalue weighted by molar-refractivity contribution is 0.197. The van der Waals surface area contributed by atoms with Gasteiger partial charge in [-0.15, -0.1) is 12.4 Å². The minimum Gasteiger partial charge on any atom is -0.306 e. The van der Waals surface area contributed by atoms with Crippen LogP contribution in [-0.2, 0) is 15.4 Å². The second-order valence-corrected chi connectivity index (χ2v) is 9.33. The van der Waals surface area contributed by atoms with Crippen LogP contribution < -0.4 is 0 Å². The van der Waals surface area contributed by atoms with Gasteiger partial charge < -0.3 is 4.90 Å². The zero-order chi connectivity index (χ0) is 16.5. The average molecular weight is 361 g/mol. The highest BCUT2D eigenvalue weighted by Crippen LogP contribution is 2.26. The monoisotopic (exact) mass is 360 g/mol. The molecule has 6 heteroatoms. The molecule has 0 saturated carbocycles. The smallest absolute Gasteiger partial charge is 0.243 e. The first-order valence-corrected chi connectivity index (χ1v) is 9.33. The Morgan fingerprint density at radius 1 is 1.09 bits per heavy atom. The van der Waals surface area contributed by atoms with Gasteiger partial charge in [-0.25, -0.2) is 8.42 Å². The number of rotatable bonds is 3. The van der Waals surface area contributed by atoms with Crippen LogP contribution >= 0.6 is 12.4 Å². The lowest BCUT2D eigenvalue weighted by Gasteiger charge is -2.34. The van der Waals surface area contributed by atoms with Crippen LogP contribution in [0.3, 0.4) is 0 Å². The molecule has 1 aromatic rings. The predicted octanol–water partition coefficient (Wildman–Crippen LogP) is 3.12. The quantitative estimate of drug-likeness (QED) is 0.831. The van der Waals surface area contributed by atoms with E-state index in [9.17, 15) is 8.42 Å². The van der Waals surface area contributed by atoms with Crippen molar-refractivity contribution in [1.29, 1.82) is 0 Å². The van der Waals surface area contributed by atoms with E-state index < -0.39 is 10.0 Å². The van der Waals surface area contributed by atoms with Crippen LogP contribution in [0.2, 0.25) is 0 Å². The summed E-state index contributed by atoms with van der Waals surface area (Å²) in [6.45, 7) is 8.28. The molecule has 0 aliphatic carbocycles. The molecule has 1 aromatic carbocycles. The van der Waals surface area contributed by atoms with E-state index in [1.807, 2.05) is 12.1 Å². The van der Waals surface area contributed by atoms with Gasteiger partial charge >= 0.3 is 0 Å². The minimum absolute atomic E-state index is 0. The molecule has 1 aliphatic heterocycles. The van der Waals surface area contributed by atoms with E-state index in [4.69, 9.17) is 0 Å². The highest BCUT2D eigenvalue weighted by molar-refractivity contribution is 7.89. The maximum absolute atomic E-state index is 12.8. The van der Waals surface area contributed by atoms with Gasteiger partial charge in [-0.05, 0) is 56.1 Å². The number of hydrogen-bond donors (Lipinski definition) is 0. The Morgan fingerprint density at radius 2 is 1.57 bits per heavy atom. The van der Waals surface area contributed by atoms with Gasteiger partial charge in [0.2, 0.25) is 10.0 Å². The normalized spacial score (nSPS) is 18.0. The summed E-state index contributed by atoms with van der Waals surface area (Å²) in [6.07, 6.45) is 1.79. The van der Waals surface area contributed by atoms with Gasteiger partial charge in [-0.1, -0.05) is 32.9 Å². The summed E-state index contributed by atoms with van der Waals surface area (Å²) in [5, 5.41) is 0. The van der Waals surface area contributed by atoms with Gasteiger partial charge in [0, 0.05) is 13.1 Å². The molecule has 0 bridgehead atoms. The molecular weight excluding hydrogens is 332 g/mol. The number of hydrogen-bond acceptors (Lipinski definition) is 3. The van der Waals surface area contributed by atoms with Gasteiger partial charge in [0.25, 0.3) is 0 Å². The Bertz CT molecular complexity index is 600. The summed E-state index contributed by atoms with van der Waals surface area (Å²) in [4.78, 5) is 2.64. The van der Waals surface area contributed by atoms with E-state index in [1.165, 1.54) is 0 Å². The van der Waals surface area contributed by atoms with Crippen molar-refractivity contribution in [2.75, 3.05) is 27.2 Å². The van der Waals surface area contributed by atoms with Crippen molar-refractivity contribution < 1.29 is 8.42 Å². The standard InChI is InChI=1S/C17H28N2O2S.ClH/c1-17(2,3)14-6-8-16(9-7-14)22(20,21)19(5)15-10-12-18(4)13-11-15;/h6-9,15H,10-13H2,1-5H3;1H. The van der Waals surface area contributed by atoms with Crippen molar-refractivity contribution >= 4 is 22.4 Å². The number of sulfonamides is 1. The molecule has 0 radical (unpaired) electrons. The summed E-state index contributed by atoms with van der Waals surface area (Å²) < 4.78 is 27.1. The zero-order valence-corrected chi connectivity index (χ0v) is 16.4. The first-order chi connectivity index (χ1) is 10.1. The van der Waals surface area contributed by atoms with Gasteiger partial charge in [-0.3, -0.25) is 0 Å². The van der Waals surface area contributed by atoms with E-state index in [0.29, 0.717) is 4.90 Å². The highest BCUT2D eigenvalue weighted by atomic mass is 35.5. The summed E-state index contributed by atoms with van der Waals surface area (Å²) >= 11 is 0. The van der Waals surface area contributed by atoms with E-state index in [2.05, 4.69) is 32.7 Å². The number of halogens is 1. The Kier molecular flexibility index (Phi) is 6.67. The summed E-state index contributed by atoms with van der Waals surface area (Å²) in [7, 11) is 0.387. The maximum atomic E-state index is 12.8. The lowest BCUT2D eigenvalue weighted by atomic mass is 9.87. The zero-order valence-electron chi connectivity index (χ0n) is 14.7. The van der Waals surface area contributed by atoms with Gasteiger partial charge in [0.15, 0.2) is 0 Å². The molecule has 4 nitrogen and oxygen atoms in total. The Balaban J connectivity index is 0.00000264. The molecule has 2 rings (SSSR count). The second kappa shape index (κ2) is 7.51. The Morgan fingerprint density at radius 3 is 2.00 bits per heavy atom. The molecule has 23 heavy (non-hydrogen) atoms. The van der Waals surface area contributed by atoms with E-state index in [-0.39, 0.29) is 23.9 Å². The van der Waals surface area contributed by atoms with Crippen molar-refractivity contribution in [3.05, 3.63) is 29.8 Å². The van der Waals surface area contributed by atoms with Crippen molar-refractivity contribution in [3.63, 3.8) is 0 Å². The third kappa shape index (κ3) is 4.69. The third-order valence-corrected chi connectivity index (χ3v) is 6.52. The molecular formula is C17H29ClN2O2S. The van der Waals surface area contributed by atoms with Crippen LogP contribution in [0.25, 0.3) is 0 Å². The fourth-order valence-electron chi connectivity index (χ4n) is 2.85. The molecule has 0 unspecified atom stereocenters. The SMILES string of the molecule is CN1CCC(N(C)S(=O)(=O)c2ccc(C(C)(C)C)cc2)CC1.Cl. The summed E-state index contributed by atoms with van der Waals surface area (Å²) in [5.41, 5.74) is 1.18. The van der Waals surface area contributed by atoms with Crippen LogP contribution in [0.5, 0.6) is 0 Å². The number of likely N-dealkylation sites (tertiary alicyclic amines) is 1. The van der Waals surface area contributed by atoms with E-state index >= 15 is 0 Å². The van der Waals surface area contributed by atoms with Crippen molar-refractivity contribution in [2.24, 2.45) is 0 Å². The van der Waals surface area contributed by atoms with E-state index in [1.54, 1.807) is 23.5 Å². The number of nitrogens with zero attached hydrogens (tertiary/aromatic N) is 2. The topological polar surface area (TPSA) is 40.6 Å². The Labute approximate surface area is 147 Å². The van der Waals surface area contributed by atoms with Crippen LogP contribution in [0.1, 0.15) is 39.2 Å². The summed E-state index contributed by atoms with van der Waals surface area (Å²) in [5.74, 6) is 0. The van der Waals surface area contributed by atoms with Crippen molar-refractivity contribution in [1.82, 2.24) is 9.21 Å². The average Bonchev–Trinajstić information content (AvgIpc) is 2.46. The summed E-state index contributed by atoms with van der Waals surface area (Å²) in [6, 6.07) is 7.43. The third-order valence-electron chi connectivity index (χ3n) is 4.60. The molecule has 1 fully saturated rings. The van der Waals surface area contributed by atoms with Crippen LogP contribution in [0.4, 0.5) is 0 Å². The Hall–Kier alpha value is -0.620. The van der Waals surface area contributed by atoms with Crippen molar-refractivity contribution in [3.8, 4) is 0 Å². The highest BCUT2D eigenvalue weighted by Gasteiger charge is 2.30. The van der Waals surface area contributed by atoms with E-state index in [0.717, 1.165) is 31.5 Å². The molecule has 0 spiro atoms. The molecule has 0 aromatic heterocycles. The second-order valence-electron chi connectivity index (χ2n) is 7.33. The molecule has 0 amide bonds. The van der Waals surface area contributed by atoms with Crippen molar-refractivity contribution in [2.45, 2.75) is 50.0 Å². The lowest BCUT2D eigenvalue weighted by Crippen LogP contribution is -2.44.